The molecule has 3 N–H and O–H groups in total. The number of carbonyl (C=O) groups is 1. The Morgan fingerprint density at radius 3 is 2.71 bits per heavy atom. The van der Waals surface area contributed by atoms with Gasteiger partial charge in [-0.05, 0) is 31.9 Å². The normalized spacial score (nSPS) is 12.5. The van der Waals surface area contributed by atoms with E-state index < -0.39 is 5.97 Å². The van der Waals surface area contributed by atoms with E-state index in [0.29, 0.717) is 12.0 Å². The minimum Gasteiger partial charge on any atom is -0.478 e. The molecule has 76 valence electrons. The molecule has 1 aromatic carbocycles. The Hall–Kier alpha value is -1.35. The molecule has 3 heteroatoms. The predicted octanol–water partition coefficient (Wildman–Crippen LogP) is 1.58. The SMILES string of the molecule is Cc1ccc(C(=O)O)c(C[C@H](C)N)c1. The van der Waals surface area contributed by atoms with E-state index in [4.69, 9.17) is 10.8 Å². The highest BCUT2D eigenvalue weighted by molar-refractivity contribution is 5.89. The van der Waals surface area contributed by atoms with Gasteiger partial charge in [-0.25, -0.2) is 4.79 Å². The third-order valence-corrected chi connectivity index (χ3v) is 2.03. The standard InChI is InChI=1S/C11H15NO2/c1-7-3-4-10(11(13)14)9(5-7)6-8(2)12/h3-5,8H,6,12H2,1-2H3,(H,13,14)/t8-/m0/s1. The van der Waals surface area contributed by atoms with Crippen molar-refractivity contribution >= 4 is 5.97 Å². The van der Waals surface area contributed by atoms with Gasteiger partial charge in [0.2, 0.25) is 0 Å². The number of aryl methyl sites for hydroxylation is 1. The topological polar surface area (TPSA) is 63.3 Å². The van der Waals surface area contributed by atoms with E-state index in [2.05, 4.69) is 0 Å². The summed E-state index contributed by atoms with van der Waals surface area (Å²) in [6, 6.07) is 5.30. The van der Waals surface area contributed by atoms with Crippen LogP contribution in [0.4, 0.5) is 0 Å². The summed E-state index contributed by atoms with van der Waals surface area (Å²) in [5.74, 6) is -0.888. The first-order valence-electron chi connectivity index (χ1n) is 4.59. The van der Waals surface area contributed by atoms with E-state index in [1.807, 2.05) is 19.9 Å². The maximum Gasteiger partial charge on any atom is 0.335 e. The molecule has 0 radical (unpaired) electrons. The smallest absolute Gasteiger partial charge is 0.335 e. The summed E-state index contributed by atoms with van der Waals surface area (Å²) < 4.78 is 0. The first-order chi connectivity index (χ1) is 6.50. The quantitative estimate of drug-likeness (QED) is 0.766. The summed E-state index contributed by atoms with van der Waals surface area (Å²) in [5, 5.41) is 8.93. The van der Waals surface area contributed by atoms with Crippen LogP contribution in [0, 0.1) is 6.92 Å². The minimum absolute atomic E-state index is 0.0186. The fourth-order valence-corrected chi connectivity index (χ4v) is 1.45. The van der Waals surface area contributed by atoms with Gasteiger partial charge in [0, 0.05) is 6.04 Å². The van der Waals surface area contributed by atoms with Crippen LogP contribution in [-0.4, -0.2) is 17.1 Å². The fourth-order valence-electron chi connectivity index (χ4n) is 1.45. The zero-order chi connectivity index (χ0) is 10.7. The number of carboxylic acids is 1. The lowest BCUT2D eigenvalue weighted by molar-refractivity contribution is 0.0695. The second-order valence-electron chi connectivity index (χ2n) is 3.65. The number of hydrogen-bond donors (Lipinski definition) is 2. The van der Waals surface area contributed by atoms with E-state index in [1.165, 1.54) is 0 Å². The van der Waals surface area contributed by atoms with Gasteiger partial charge in [0.25, 0.3) is 0 Å². The van der Waals surface area contributed by atoms with Crippen molar-refractivity contribution < 1.29 is 9.90 Å². The van der Waals surface area contributed by atoms with Gasteiger partial charge >= 0.3 is 5.97 Å². The van der Waals surface area contributed by atoms with E-state index in [-0.39, 0.29) is 6.04 Å². The number of hydrogen-bond acceptors (Lipinski definition) is 2. The van der Waals surface area contributed by atoms with Gasteiger partial charge in [0.05, 0.1) is 5.56 Å². The third-order valence-electron chi connectivity index (χ3n) is 2.03. The highest BCUT2D eigenvalue weighted by atomic mass is 16.4. The lowest BCUT2D eigenvalue weighted by Gasteiger charge is -2.09. The predicted molar refractivity (Wildman–Crippen MR) is 55.5 cm³/mol. The average molecular weight is 193 g/mol. The molecule has 0 unspecified atom stereocenters. The van der Waals surface area contributed by atoms with Crippen molar-refractivity contribution in [1.82, 2.24) is 0 Å². The van der Waals surface area contributed by atoms with Gasteiger partial charge in [-0.3, -0.25) is 0 Å². The summed E-state index contributed by atoms with van der Waals surface area (Å²) in [4.78, 5) is 10.9. The van der Waals surface area contributed by atoms with Crippen molar-refractivity contribution in [1.29, 1.82) is 0 Å². The molecule has 1 rings (SSSR count). The molecule has 0 aromatic heterocycles. The van der Waals surface area contributed by atoms with E-state index >= 15 is 0 Å². The van der Waals surface area contributed by atoms with Crippen molar-refractivity contribution in [2.24, 2.45) is 5.73 Å². The lowest BCUT2D eigenvalue weighted by atomic mass is 9.99. The second-order valence-corrected chi connectivity index (χ2v) is 3.65. The van der Waals surface area contributed by atoms with Crippen LogP contribution in [0.5, 0.6) is 0 Å². The largest absolute Gasteiger partial charge is 0.478 e. The van der Waals surface area contributed by atoms with Gasteiger partial charge in [0.15, 0.2) is 0 Å². The van der Waals surface area contributed by atoms with Crippen LogP contribution >= 0.6 is 0 Å². The van der Waals surface area contributed by atoms with Crippen LogP contribution in [-0.2, 0) is 6.42 Å². The Bertz CT molecular complexity index is 345. The summed E-state index contributed by atoms with van der Waals surface area (Å²) in [7, 11) is 0. The van der Waals surface area contributed by atoms with E-state index in [1.54, 1.807) is 12.1 Å². The highest BCUT2D eigenvalue weighted by Crippen LogP contribution is 2.13. The monoisotopic (exact) mass is 193 g/mol. The van der Waals surface area contributed by atoms with Gasteiger partial charge < -0.3 is 10.8 Å². The van der Waals surface area contributed by atoms with Gasteiger partial charge in [0.1, 0.15) is 0 Å². The molecular formula is C11H15NO2. The molecule has 0 amide bonds. The molecule has 3 nitrogen and oxygen atoms in total. The molecule has 1 atom stereocenters. The van der Waals surface area contributed by atoms with Crippen molar-refractivity contribution in [3.05, 3.63) is 34.9 Å². The van der Waals surface area contributed by atoms with Crippen LogP contribution in [0.25, 0.3) is 0 Å². The zero-order valence-electron chi connectivity index (χ0n) is 8.45. The molecule has 0 bridgehead atoms. The fraction of sp³-hybridized carbons (Fsp3) is 0.364. The summed E-state index contributed by atoms with van der Waals surface area (Å²) in [6.07, 6.45) is 0.601. The molecule has 0 heterocycles. The molecule has 0 aliphatic heterocycles. The summed E-state index contributed by atoms with van der Waals surface area (Å²) >= 11 is 0. The van der Waals surface area contributed by atoms with Crippen molar-refractivity contribution in [3.63, 3.8) is 0 Å². The van der Waals surface area contributed by atoms with Gasteiger partial charge in [-0.15, -0.1) is 0 Å². The molecule has 1 aromatic rings. The molecule has 0 fully saturated rings. The van der Waals surface area contributed by atoms with Crippen LogP contribution < -0.4 is 5.73 Å². The second kappa shape index (κ2) is 4.24. The van der Waals surface area contributed by atoms with Crippen LogP contribution in [0.1, 0.15) is 28.4 Å². The highest BCUT2D eigenvalue weighted by Gasteiger charge is 2.10. The van der Waals surface area contributed by atoms with Crippen molar-refractivity contribution in [3.8, 4) is 0 Å². The zero-order valence-corrected chi connectivity index (χ0v) is 8.45. The number of carboxylic acid groups (broad SMARTS) is 1. The first-order valence-corrected chi connectivity index (χ1v) is 4.59. The Labute approximate surface area is 83.6 Å². The Morgan fingerprint density at radius 1 is 1.57 bits per heavy atom. The maximum atomic E-state index is 10.9. The van der Waals surface area contributed by atoms with E-state index in [9.17, 15) is 4.79 Å². The van der Waals surface area contributed by atoms with Crippen molar-refractivity contribution in [2.45, 2.75) is 26.3 Å². The van der Waals surface area contributed by atoms with Gasteiger partial charge in [-0.1, -0.05) is 17.7 Å². The first kappa shape index (κ1) is 10.7. The third kappa shape index (κ3) is 2.57. The number of nitrogens with two attached hydrogens (primary N) is 1. The lowest BCUT2D eigenvalue weighted by Crippen LogP contribution is -2.19. The molecule has 0 aliphatic carbocycles. The average Bonchev–Trinajstić information content (AvgIpc) is 2.01. The number of aromatic carboxylic acids is 1. The molecule has 0 saturated carbocycles. The molecule has 14 heavy (non-hydrogen) atoms. The van der Waals surface area contributed by atoms with Gasteiger partial charge in [-0.2, -0.15) is 0 Å². The Morgan fingerprint density at radius 2 is 2.21 bits per heavy atom. The summed E-state index contributed by atoms with van der Waals surface area (Å²) in [5.41, 5.74) is 7.88. The number of rotatable bonds is 3. The van der Waals surface area contributed by atoms with Crippen LogP contribution in [0.15, 0.2) is 18.2 Å². The maximum absolute atomic E-state index is 10.9. The molecule has 0 aliphatic rings. The molecule has 0 spiro atoms. The Balaban J connectivity index is 3.09. The van der Waals surface area contributed by atoms with E-state index in [0.717, 1.165) is 11.1 Å². The van der Waals surface area contributed by atoms with Crippen LogP contribution in [0.2, 0.25) is 0 Å². The van der Waals surface area contributed by atoms with Crippen molar-refractivity contribution in [2.75, 3.05) is 0 Å². The van der Waals surface area contributed by atoms with Crippen LogP contribution in [0.3, 0.4) is 0 Å². The molecular weight excluding hydrogens is 178 g/mol. The minimum atomic E-state index is -0.888. The molecule has 0 saturated heterocycles. The number of benzene rings is 1. The summed E-state index contributed by atoms with van der Waals surface area (Å²) in [6.45, 7) is 3.81. The Kier molecular flexibility index (Phi) is 3.25.